The van der Waals surface area contributed by atoms with Crippen molar-refractivity contribution in [1.29, 1.82) is 0 Å². The van der Waals surface area contributed by atoms with Crippen LogP contribution in [0.2, 0.25) is 0 Å². The van der Waals surface area contributed by atoms with Crippen LogP contribution < -0.4 is 5.32 Å². The van der Waals surface area contributed by atoms with Crippen molar-refractivity contribution in [3.05, 3.63) is 11.6 Å². The van der Waals surface area contributed by atoms with E-state index >= 15 is 0 Å². The summed E-state index contributed by atoms with van der Waals surface area (Å²) < 4.78 is 37.4. The fraction of sp³-hybridized carbons (Fsp3) is 0.636. The molecule has 1 aromatic heterocycles. The first-order valence-corrected chi connectivity index (χ1v) is 6.81. The number of piperidine rings is 1. The number of hydrogen-bond donors (Lipinski definition) is 1. The zero-order chi connectivity index (χ0) is 13.9. The summed E-state index contributed by atoms with van der Waals surface area (Å²) in [5.74, 6) is -1.47. The number of aromatic nitrogens is 1. The molecule has 4 nitrogen and oxygen atoms in total. The number of alkyl halides is 3. The summed E-state index contributed by atoms with van der Waals surface area (Å²) in [6.07, 6.45) is -2.41. The molecule has 1 N–H and O–H groups in total. The number of nitrogens with one attached hydrogen (secondary N) is 1. The first-order chi connectivity index (χ1) is 8.95. The predicted molar refractivity (Wildman–Crippen MR) is 66.0 cm³/mol. The van der Waals surface area contributed by atoms with Gasteiger partial charge in [-0.2, -0.15) is 13.2 Å². The zero-order valence-corrected chi connectivity index (χ0v) is 10.9. The highest BCUT2D eigenvalue weighted by Gasteiger charge is 2.41. The van der Waals surface area contributed by atoms with Crippen LogP contribution in [0, 0.1) is 5.92 Å². The van der Waals surface area contributed by atoms with Gasteiger partial charge in [-0.15, -0.1) is 11.3 Å². The summed E-state index contributed by atoms with van der Waals surface area (Å²) >= 11 is 1.31. The predicted octanol–water partition coefficient (Wildman–Crippen LogP) is 2.36. The molecule has 0 atom stereocenters. The lowest BCUT2D eigenvalue weighted by Gasteiger charge is -2.32. The first-order valence-electron chi connectivity index (χ1n) is 5.93. The van der Waals surface area contributed by atoms with E-state index < -0.39 is 12.1 Å². The number of amides is 1. The molecule has 1 aliphatic heterocycles. The average molecular weight is 293 g/mol. The molecule has 1 aromatic rings. The Balaban J connectivity index is 1.75. The third kappa shape index (κ3) is 4.17. The van der Waals surface area contributed by atoms with Gasteiger partial charge in [0.25, 0.3) is 0 Å². The van der Waals surface area contributed by atoms with Crippen LogP contribution in [0.15, 0.2) is 11.6 Å². The number of hydrogen-bond acceptors (Lipinski definition) is 4. The van der Waals surface area contributed by atoms with E-state index in [4.69, 9.17) is 0 Å². The van der Waals surface area contributed by atoms with E-state index in [1.54, 1.807) is 16.5 Å². The number of halogens is 3. The summed E-state index contributed by atoms with van der Waals surface area (Å²) in [7, 11) is 0. The van der Waals surface area contributed by atoms with E-state index in [0.717, 1.165) is 0 Å². The smallest absolute Gasteiger partial charge is 0.301 e. The Bertz CT molecular complexity index is 413. The Morgan fingerprint density at radius 1 is 1.47 bits per heavy atom. The third-order valence-corrected chi connectivity index (χ3v) is 3.78. The fourth-order valence-electron chi connectivity index (χ4n) is 2.07. The van der Waals surface area contributed by atoms with Crippen molar-refractivity contribution in [3.8, 4) is 0 Å². The van der Waals surface area contributed by atoms with Gasteiger partial charge < -0.3 is 5.32 Å². The Morgan fingerprint density at radius 2 is 2.16 bits per heavy atom. The molecule has 0 radical (unpaired) electrons. The number of carbonyl (C=O) groups excluding carboxylic acids is 1. The van der Waals surface area contributed by atoms with Crippen LogP contribution >= 0.6 is 11.3 Å². The van der Waals surface area contributed by atoms with E-state index in [-0.39, 0.29) is 25.3 Å². The summed E-state index contributed by atoms with van der Waals surface area (Å²) in [5.41, 5.74) is 0. The quantitative estimate of drug-likeness (QED) is 0.930. The van der Waals surface area contributed by atoms with Crippen molar-refractivity contribution in [1.82, 2.24) is 9.88 Å². The van der Waals surface area contributed by atoms with Crippen molar-refractivity contribution in [3.63, 3.8) is 0 Å². The lowest BCUT2D eigenvalue weighted by molar-refractivity contribution is -0.184. The van der Waals surface area contributed by atoms with Gasteiger partial charge >= 0.3 is 6.18 Å². The topological polar surface area (TPSA) is 45.2 Å². The second-order valence-corrected chi connectivity index (χ2v) is 5.37. The molecule has 1 amide bonds. The van der Waals surface area contributed by atoms with Gasteiger partial charge in [0.15, 0.2) is 5.13 Å². The molecule has 106 valence electrons. The van der Waals surface area contributed by atoms with Crippen LogP contribution in [-0.2, 0) is 4.79 Å². The van der Waals surface area contributed by atoms with Crippen LogP contribution in [0.25, 0.3) is 0 Å². The molecule has 0 unspecified atom stereocenters. The SMILES string of the molecule is O=C(CN1CCC(C(F)(F)F)CC1)Nc1nccs1. The highest BCUT2D eigenvalue weighted by Crippen LogP contribution is 2.33. The number of thiazole rings is 1. The number of rotatable bonds is 3. The van der Waals surface area contributed by atoms with E-state index in [1.165, 1.54) is 11.3 Å². The van der Waals surface area contributed by atoms with E-state index in [2.05, 4.69) is 10.3 Å². The maximum Gasteiger partial charge on any atom is 0.391 e. The first kappa shape index (κ1) is 14.3. The van der Waals surface area contributed by atoms with Gasteiger partial charge in [-0.1, -0.05) is 0 Å². The summed E-state index contributed by atoms with van der Waals surface area (Å²) in [4.78, 5) is 17.3. The molecule has 1 saturated heterocycles. The summed E-state index contributed by atoms with van der Waals surface area (Å²) in [5, 5.41) is 4.87. The lowest BCUT2D eigenvalue weighted by atomic mass is 9.96. The van der Waals surface area contributed by atoms with E-state index in [0.29, 0.717) is 18.2 Å². The number of anilines is 1. The Morgan fingerprint density at radius 3 is 2.68 bits per heavy atom. The minimum absolute atomic E-state index is 0.0635. The van der Waals surface area contributed by atoms with Crippen molar-refractivity contribution in [2.45, 2.75) is 19.0 Å². The van der Waals surface area contributed by atoms with Crippen molar-refractivity contribution < 1.29 is 18.0 Å². The second-order valence-electron chi connectivity index (χ2n) is 4.48. The highest BCUT2D eigenvalue weighted by molar-refractivity contribution is 7.13. The molecule has 0 saturated carbocycles. The largest absolute Gasteiger partial charge is 0.391 e. The molecule has 2 rings (SSSR count). The van der Waals surface area contributed by atoms with Gasteiger partial charge in [0.1, 0.15) is 0 Å². The third-order valence-electron chi connectivity index (χ3n) is 3.10. The minimum Gasteiger partial charge on any atom is -0.301 e. The Hall–Kier alpha value is -1.15. The molecule has 8 heteroatoms. The van der Waals surface area contributed by atoms with Crippen molar-refractivity contribution >= 4 is 22.4 Å². The van der Waals surface area contributed by atoms with Gasteiger partial charge in [0, 0.05) is 11.6 Å². The fourth-order valence-corrected chi connectivity index (χ4v) is 2.61. The highest BCUT2D eigenvalue weighted by atomic mass is 32.1. The van der Waals surface area contributed by atoms with E-state index in [1.807, 2.05) is 0 Å². The van der Waals surface area contributed by atoms with Crippen molar-refractivity contribution in [2.24, 2.45) is 5.92 Å². The molecule has 2 heterocycles. The van der Waals surface area contributed by atoms with Crippen molar-refractivity contribution in [2.75, 3.05) is 25.0 Å². The molecular weight excluding hydrogens is 279 g/mol. The van der Waals surface area contributed by atoms with Crippen LogP contribution in [0.4, 0.5) is 18.3 Å². The van der Waals surface area contributed by atoms with Crippen LogP contribution in [0.5, 0.6) is 0 Å². The van der Waals surface area contributed by atoms with Gasteiger partial charge in [-0.25, -0.2) is 4.98 Å². The number of carbonyl (C=O) groups is 1. The molecular formula is C11H14F3N3OS. The Labute approximate surface area is 112 Å². The van der Waals surface area contributed by atoms with Gasteiger partial charge in [-0.05, 0) is 25.9 Å². The summed E-state index contributed by atoms with van der Waals surface area (Å²) in [6, 6.07) is 0. The molecule has 0 aromatic carbocycles. The standard InChI is InChI=1S/C11H14F3N3OS/c12-11(13,14)8-1-4-17(5-2-8)7-9(18)16-10-15-3-6-19-10/h3,6,8H,1-2,4-5,7H2,(H,15,16,18). The average Bonchev–Trinajstić information content (AvgIpc) is 2.81. The van der Waals surface area contributed by atoms with Crippen LogP contribution in [-0.4, -0.2) is 41.6 Å². The molecule has 0 bridgehead atoms. The van der Waals surface area contributed by atoms with Crippen LogP contribution in [0.1, 0.15) is 12.8 Å². The van der Waals surface area contributed by atoms with Gasteiger partial charge in [0.2, 0.25) is 5.91 Å². The number of nitrogens with zero attached hydrogens (tertiary/aromatic N) is 2. The van der Waals surface area contributed by atoms with Gasteiger partial charge in [0.05, 0.1) is 12.5 Å². The maximum atomic E-state index is 12.5. The van der Waals surface area contributed by atoms with Gasteiger partial charge in [-0.3, -0.25) is 9.69 Å². The molecule has 0 aliphatic carbocycles. The zero-order valence-electron chi connectivity index (χ0n) is 10.1. The lowest BCUT2D eigenvalue weighted by Crippen LogP contribution is -2.42. The maximum absolute atomic E-state index is 12.5. The molecule has 1 fully saturated rings. The number of likely N-dealkylation sites (tertiary alicyclic amines) is 1. The minimum atomic E-state index is -4.12. The summed E-state index contributed by atoms with van der Waals surface area (Å²) in [6.45, 7) is 0.717. The molecule has 0 spiro atoms. The normalized spacial score (nSPS) is 18.5. The van der Waals surface area contributed by atoms with E-state index in [9.17, 15) is 18.0 Å². The molecule has 1 aliphatic rings. The van der Waals surface area contributed by atoms with Crippen LogP contribution in [0.3, 0.4) is 0 Å². The Kier molecular flexibility index (Phi) is 4.41. The molecule has 19 heavy (non-hydrogen) atoms. The second kappa shape index (κ2) is 5.87. The monoisotopic (exact) mass is 293 g/mol.